The number of pyridine rings is 1. The summed E-state index contributed by atoms with van der Waals surface area (Å²) in [6.45, 7) is 1.22. The summed E-state index contributed by atoms with van der Waals surface area (Å²) in [5, 5.41) is 2.83. The van der Waals surface area contributed by atoms with Crippen LogP contribution in [0.4, 0.5) is 0 Å². The van der Waals surface area contributed by atoms with E-state index in [2.05, 4.69) is 10.3 Å². The fourth-order valence-electron chi connectivity index (χ4n) is 1.55. The summed E-state index contributed by atoms with van der Waals surface area (Å²) in [6.07, 6.45) is 3.57. The van der Waals surface area contributed by atoms with Gasteiger partial charge in [0, 0.05) is 24.2 Å². The molecule has 1 fully saturated rings. The first-order valence-corrected chi connectivity index (χ1v) is 5.32. The van der Waals surface area contributed by atoms with E-state index in [1.54, 1.807) is 0 Å². The Balaban J connectivity index is 1.93. The Kier molecular flexibility index (Phi) is 2.78. The predicted octanol–water partition coefficient (Wildman–Crippen LogP) is -0.156. The van der Waals surface area contributed by atoms with Gasteiger partial charge in [0.2, 0.25) is 5.56 Å². The first-order chi connectivity index (χ1) is 7.65. The van der Waals surface area contributed by atoms with Crippen LogP contribution >= 0.6 is 0 Å². The molecule has 86 valence electrons. The van der Waals surface area contributed by atoms with Crippen LogP contribution in [-0.2, 0) is 0 Å². The smallest absolute Gasteiger partial charge is 0.252 e. The summed E-state index contributed by atoms with van der Waals surface area (Å²) in [5.41, 5.74) is 5.99. The monoisotopic (exact) mass is 221 g/mol. The second-order valence-electron chi connectivity index (χ2n) is 4.33. The van der Waals surface area contributed by atoms with E-state index in [4.69, 9.17) is 5.73 Å². The van der Waals surface area contributed by atoms with Gasteiger partial charge in [-0.25, -0.2) is 0 Å². The summed E-state index contributed by atoms with van der Waals surface area (Å²) in [5.74, 6) is -0.170. The Morgan fingerprint density at radius 3 is 2.75 bits per heavy atom. The van der Waals surface area contributed by atoms with Gasteiger partial charge in [0.15, 0.2) is 0 Å². The Morgan fingerprint density at radius 1 is 1.50 bits per heavy atom. The third kappa shape index (κ3) is 2.30. The van der Waals surface area contributed by atoms with E-state index in [9.17, 15) is 9.59 Å². The molecule has 0 saturated heterocycles. The third-order valence-corrected chi connectivity index (χ3v) is 3.06. The van der Waals surface area contributed by atoms with E-state index in [1.807, 2.05) is 0 Å². The summed E-state index contributed by atoms with van der Waals surface area (Å²) in [6, 6.07) is 2.85. The second-order valence-corrected chi connectivity index (χ2v) is 4.33. The van der Waals surface area contributed by atoms with Crippen LogP contribution in [-0.4, -0.2) is 24.0 Å². The van der Waals surface area contributed by atoms with Crippen molar-refractivity contribution in [1.82, 2.24) is 10.3 Å². The van der Waals surface area contributed by atoms with E-state index >= 15 is 0 Å². The van der Waals surface area contributed by atoms with Crippen molar-refractivity contribution in [2.24, 2.45) is 11.1 Å². The molecule has 0 aromatic carbocycles. The summed E-state index contributed by atoms with van der Waals surface area (Å²) in [7, 11) is 0. The largest absolute Gasteiger partial charge is 0.351 e. The van der Waals surface area contributed by atoms with E-state index in [-0.39, 0.29) is 16.9 Å². The number of aromatic amines is 1. The van der Waals surface area contributed by atoms with Gasteiger partial charge in [-0.3, -0.25) is 9.59 Å². The van der Waals surface area contributed by atoms with Crippen LogP contribution in [0.15, 0.2) is 23.1 Å². The van der Waals surface area contributed by atoms with Crippen LogP contribution in [0.25, 0.3) is 0 Å². The van der Waals surface area contributed by atoms with Crippen molar-refractivity contribution in [3.63, 3.8) is 0 Å². The zero-order valence-electron chi connectivity index (χ0n) is 8.95. The summed E-state index contributed by atoms with van der Waals surface area (Å²) in [4.78, 5) is 25.0. The number of hydrogen-bond acceptors (Lipinski definition) is 3. The minimum atomic E-state index is -0.211. The molecule has 1 saturated carbocycles. The highest BCUT2D eigenvalue weighted by atomic mass is 16.1. The molecule has 16 heavy (non-hydrogen) atoms. The Labute approximate surface area is 93.0 Å². The highest BCUT2D eigenvalue weighted by Gasteiger charge is 2.41. The highest BCUT2D eigenvalue weighted by molar-refractivity contribution is 5.93. The molecule has 1 aliphatic rings. The molecule has 0 spiro atoms. The molecule has 5 nitrogen and oxygen atoms in total. The maximum Gasteiger partial charge on any atom is 0.252 e. The number of nitrogens with two attached hydrogens (primary N) is 1. The summed E-state index contributed by atoms with van der Waals surface area (Å²) < 4.78 is 0. The third-order valence-electron chi connectivity index (χ3n) is 3.06. The van der Waals surface area contributed by atoms with Crippen LogP contribution < -0.4 is 16.6 Å². The fourth-order valence-corrected chi connectivity index (χ4v) is 1.55. The molecule has 1 aromatic rings. The number of hydrogen-bond donors (Lipinski definition) is 3. The molecule has 1 aliphatic carbocycles. The topological polar surface area (TPSA) is 88.0 Å². The molecule has 1 heterocycles. The van der Waals surface area contributed by atoms with Crippen LogP contribution in [0.3, 0.4) is 0 Å². The first kappa shape index (κ1) is 10.9. The number of amides is 1. The van der Waals surface area contributed by atoms with Crippen LogP contribution in [0.1, 0.15) is 23.2 Å². The molecule has 1 amide bonds. The second kappa shape index (κ2) is 4.09. The van der Waals surface area contributed by atoms with Gasteiger partial charge in [-0.05, 0) is 25.5 Å². The Hall–Kier alpha value is -1.62. The number of rotatable bonds is 4. The van der Waals surface area contributed by atoms with Gasteiger partial charge in [-0.2, -0.15) is 0 Å². The zero-order chi connectivity index (χ0) is 11.6. The van der Waals surface area contributed by atoms with Gasteiger partial charge in [0.25, 0.3) is 5.91 Å². The van der Waals surface area contributed by atoms with Gasteiger partial charge < -0.3 is 16.0 Å². The fraction of sp³-hybridized carbons (Fsp3) is 0.455. The van der Waals surface area contributed by atoms with Crippen molar-refractivity contribution in [2.75, 3.05) is 13.1 Å². The molecule has 0 bridgehead atoms. The molecule has 0 radical (unpaired) electrons. The van der Waals surface area contributed by atoms with Gasteiger partial charge in [0.1, 0.15) is 0 Å². The van der Waals surface area contributed by atoms with Gasteiger partial charge in [-0.15, -0.1) is 0 Å². The van der Waals surface area contributed by atoms with Crippen molar-refractivity contribution in [1.29, 1.82) is 0 Å². The van der Waals surface area contributed by atoms with Crippen molar-refractivity contribution in [3.8, 4) is 0 Å². The van der Waals surface area contributed by atoms with Crippen molar-refractivity contribution in [2.45, 2.75) is 12.8 Å². The van der Waals surface area contributed by atoms with Gasteiger partial charge >= 0.3 is 0 Å². The number of nitrogens with one attached hydrogen (secondary N) is 2. The zero-order valence-corrected chi connectivity index (χ0v) is 8.95. The Morgan fingerprint density at radius 2 is 2.25 bits per heavy atom. The number of H-pyrrole nitrogens is 1. The van der Waals surface area contributed by atoms with Crippen molar-refractivity contribution in [3.05, 3.63) is 34.2 Å². The first-order valence-electron chi connectivity index (χ1n) is 5.32. The molecule has 0 unspecified atom stereocenters. The molecule has 4 N–H and O–H groups in total. The minimum absolute atomic E-state index is 0.123. The van der Waals surface area contributed by atoms with Gasteiger partial charge in [0.05, 0.1) is 5.56 Å². The molecular formula is C11H15N3O2. The van der Waals surface area contributed by atoms with E-state index < -0.39 is 0 Å². The van der Waals surface area contributed by atoms with Crippen molar-refractivity contribution >= 4 is 5.91 Å². The minimum Gasteiger partial charge on any atom is -0.351 e. The van der Waals surface area contributed by atoms with Crippen LogP contribution in [0.2, 0.25) is 0 Å². The van der Waals surface area contributed by atoms with Gasteiger partial charge in [-0.1, -0.05) is 0 Å². The lowest BCUT2D eigenvalue weighted by molar-refractivity contribution is 0.0945. The summed E-state index contributed by atoms with van der Waals surface area (Å²) >= 11 is 0. The highest BCUT2D eigenvalue weighted by Crippen LogP contribution is 2.43. The lowest BCUT2D eigenvalue weighted by Crippen LogP contribution is -2.34. The van der Waals surface area contributed by atoms with E-state index in [0.717, 1.165) is 12.8 Å². The molecular weight excluding hydrogens is 206 g/mol. The molecule has 2 rings (SSSR count). The van der Waals surface area contributed by atoms with Crippen LogP contribution in [0.5, 0.6) is 0 Å². The lowest BCUT2D eigenvalue weighted by atomic mass is 10.1. The SMILES string of the molecule is NCC1(CNC(=O)c2ccc(=O)[nH]c2)CC1. The quantitative estimate of drug-likeness (QED) is 0.660. The van der Waals surface area contributed by atoms with E-state index in [1.165, 1.54) is 18.3 Å². The molecule has 5 heteroatoms. The number of carbonyl (C=O) groups is 1. The van der Waals surface area contributed by atoms with E-state index in [0.29, 0.717) is 18.7 Å². The number of carbonyl (C=O) groups excluding carboxylic acids is 1. The molecule has 0 aliphatic heterocycles. The van der Waals surface area contributed by atoms with Crippen LogP contribution in [0, 0.1) is 5.41 Å². The average Bonchev–Trinajstić information content (AvgIpc) is 3.08. The standard InChI is InChI=1S/C11H15N3O2/c12-6-11(3-4-11)7-14-10(16)8-1-2-9(15)13-5-8/h1-2,5H,3-4,6-7,12H2,(H,13,15)(H,14,16). The average molecular weight is 221 g/mol. The van der Waals surface area contributed by atoms with Crippen molar-refractivity contribution < 1.29 is 4.79 Å². The number of aromatic nitrogens is 1. The maximum absolute atomic E-state index is 11.7. The molecule has 0 atom stereocenters. The normalized spacial score (nSPS) is 16.8. The predicted molar refractivity (Wildman–Crippen MR) is 60.1 cm³/mol. The Bertz CT molecular complexity index is 428. The maximum atomic E-state index is 11.7. The lowest BCUT2D eigenvalue weighted by Gasteiger charge is -2.12. The molecule has 1 aromatic heterocycles.